The summed E-state index contributed by atoms with van der Waals surface area (Å²) in [4.78, 5) is 2.47. The molecule has 0 spiro atoms. The lowest BCUT2D eigenvalue weighted by molar-refractivity contribution is 0.104. The highest BCUT2D eigenvalue weighted by Crippen LogP contribution is 2.23. The van der Waals surface area contributed by atoms with Crippen molar-refractivity contribution in [1.29, 1.82) is 0 Å². The molecule has 0 N–H and O–H groups in total. The molecule has 1 aromatic carbocycles. The fourth-order valence-electron chi connectivity index (χ4n) is 3.69. The number of rotatable bonds is 8. The zero-order valence-corrected chi connectivity index (χ0v) is 16.7. The number of ether oxygens (including phenoxy) is 1. The number of aromatic nitrogens is 5. The van der Waals surface area contributed by atoms with Gasteiger partial charge in [0.2, 0.25) is 0 Å². The van der Waals surface area contributed by atoms with Gasteiger partial charge >= 0.3 is 0 Å². The highest BCUT2D eigenvalue weighted by Gasteiger charge is 2.25. The lowest BCUT2D eigenvalue weighted by Crippen LogP contribution is -2.21. The molecule has 7 heteroatoms. The summed E-state index contributed by atoms with van der Waals surface area (Å²) in [6, 6.07) is 10.6. The molecule has 1 unspecified atom stereocenters. The fraction of sp³-hybridized carbons (Fsp3) is 0.476. The van der Waals surface area contributed by atoms with Gasteiger partial charge in [-0.05, 0) is 25.8 Å². The Bertz CT molecular complexity index is 887. The third-order valence-corrected chi connectivity index (χ3v) is 5.31. The number of nitrogens with zero attached hydrogens (tertiary/aromatic N) is 6. The number of benzene rings is 1. The molecule has 0 radical (unpaired) electrons. The normalized spacial score (nSPS) is 17.4. The van der Waals surface area contributed by atoms with Gasteiger partial charge in [-0.2, -0.15) is 5.10 Å². The molecule has 1 aliphatic rings. The van der Waals surface area contributed by atoms with Gasteiger partial charge in [0.25, 0.3) is 0 Å². The first-order valence-corrected chi connectivity index (χ1v) is 9.99. The standard InChI is InChI=1S/C21H28N6O/c1-3-26-12-19(17(2)23-26)11-25-10-9-21(14-25)27-13-20(22-24-27)16-28-15-18-7-5-4-6-8-18/h4-8,12-13,21H,3,9-11,14-16H2,1-2H3. The Morgan fingerprint density at radius 2 is 2.00 bits per heavy atom. The molecule has 0 aliphatic carbocycles. The van der Waals surface area contributed by atoms with Gasteiger partial charge in [0.05, 0.1) is 31.1 Å². The van der Waals surface area contributed by atoms with E-state index < -0.39 is 0 Å². The van der Waals surface area contributed by atoms with Crippen LogP contribution >= 0.6 is 0 Å². The van der Waals surface area contributed by atoms with E-state index in [0.717, 1.165) is 44.0 Å². The zero-order valence-electron chi connectivity index (χ0n) is 16.7. The SMILES string of the molecule is CCn1cc(CN2CCC(n3cc(COCc4ccccc4)nn3)C2)c(C)n1. The van der Waals surface area contributed by atoms with E-state index in [4.69, 9.17) is 4.74 Å². The molecular formula is C21H28N6O. The highest BCUT2D eigenvalue weighted by atomic mass is 16.5. The third kappa shape index (κ3) is 4.48. The van der Waals surface area contributed by atoms with Gasteiger partial charge in [0.15, 0.2) is 0 Å². The van der Waals surface area contributed by atoms with Crippen LogP contribution in [0.25, 0.3) is 0 Å². The van der Waals surface area contributed by atoms with Crippen LogP contribution in [0.1, 0.15) is 41.9 Å². The molecule has 1 aliphatic heterocycles. The molecule has 3 heterocycles. The van der Waals surface area contributed by atoms with E-state index in [9.17, 15) is 0 Å². The van der Waals surface area contributed by atoms with Gasteiger partial charge in [-0.3, -0.25) is 9.58 Å². The minimum atomic E-state index is 0.372. The van der Waals surface area contributed by atoms with E-state index in [-0.39, 0.29) is 0 Å². The van der Waals surface area contributed by atoms with Crippen molar-refractivity contribution >= 4 is 0 Å². The summed E-state index contributed by atoms with van der Waals surface area (Å²) in [5.74, 6) is 0. The first-order valence-electron chi connectivity index (χ1n) is 9.99. The van der Waals surface area contributed by atoms with Crippen LogP contribution in [-0.2, 0) is 31.0 Å². The molecular weight excluding hydrogens is 352 g/mol. The topological polar surface area (TPSA) is 61.0 Å². The second kappa shape index (κ2) is 8.67. The number of hydrogen-bond acceptors (Lipinski definition) is 5. The molecule has 2 aromatic heterocycles. The summed E-state index contributed by atoms with van der Waals surface area (Å²) in [5, 5.41) is 13.2. The number of hydrogen-bond donors (Lipinski definition) is 0. The predicted molar refractivity (Wildman–Crippen MR) is 107 cm³/mol. The van der Waals surface area contributed by atoms with Gasteiger partial charge in [0.1, 0.15) is 5.69 Å². The molecule has 28 heavy (non-hydrogen) atoms. The Balaban J connectivity index is 1.28. The van der Waals surface area contributed by atoms with E-state index in [2.05, 4.69) is 52.5 Å². The average molecular weight is 380 g/mol. The third-order valence-electron chi connectivity index (χ3n) is 5.31. The number of aryl methyl sites for hydroxylation is 2. The van der Waals surface area contributed by atoms with Crippen LogP contribution in [0.15, 0.2) is 42.7 Å². The second-order valence-electron chi connectivity index (χ2n) is 7.44. The highest BCUT2D eigenvalue weighted by molar-refractivity contribution is 5.15. The average Bonchev–Trinajstić information content (AvgIpc) is 3.44. The van der Waals surface area contributed by atoms with Gasteiger partial charge in [-0.1, -0.05) is 35.5 Å². The summed E-state index contributed by atoms with van der Waals surface area (Å²) in [7, 11) is 0. The Kier molecular flexibility index (Phi) is 5.83. The maximum Gasteiger partial charge on any atom is 0.108 e. The zero-order chi connectivity index (χ0) is 19.3. The molecule has 3 aromatic rings. The lowest BCUT2D eigenvalue weighted by atomic mass is 10.2. The van der Waals surface area contributed by atoms with Crippen LogP contribution in [0.4, 0.5) is 0 Å². The van der Waals surface area contributed by atoms with Crippen LogP contribution < -0.4 is 0 Å². The molecule has 1 fully saturated rings. The summed E-state index contributed by atoms with van der Waals surface area (Å²) >= 11 is 0. The van der Waals surface area contributed by atoms with Gasteiger partial charge in [-0.25, -0.2) is 4.68 Å². The van der Waals surface area contributed by atoms with E-state index in [1.165, 1.54) is 11.1 Å². The monoisotopic (exact) mass is 380 g/mol. The van der Waals surface area contributed by atoms with Crippen molar-refractivity contribution in [2.45, 2.75) is 52.6 Å². The van der Waals surface area contributed by atoms with Crippen LogP contribution in [0.5, 0.6) is 0 Å². The maximum atomic E-state index is 5.77. The van der Waals surface area contributed by atoms with Gasteiger partial charge in [0, 0.05) is 37.9 Å². The summed E-state index contributed by atoms with van der Waals surface area (Å²) in [5.41, 5.74) is 4.50. The second-order valence-corrected chi connectivity index (χ2v) is 7.44. The number of likely N-dealkylation sites (tertiary alicyclic amines) is 1. The van der Waals surface area contributed by atoms with Crippen LogP contribution in [0.3, 0.4) is 0 Å². The molecule has 1 saturated heterocycles. The Hall–Kier alpha value is -2.51. The Morgan fingerprint density at radius 1 is 1.14 bits per heavy atom. The van der Waals surface area contributed by atoms with Crippen LogP contribution in [0.2, 0.25) is 0 Å². The molecule has 0 bridgehead atoms. The van der Waals surface area contributed by atoms with Gasteiger partial charge in [-0.15, -0.1) is 5.10 Å². The molecule has 1 atom stereocenters. The van der Waals surface area contributed by atoms with Gasteiger partial charge < -0.3 is 4.74 Å². The Morgan fingerprint density at radius 3 is 2.79 bits per heavy atom. The smallest absolute Gasteiger partial charge is 0.108 e. The lowest BCUT2D eigenvalue weighted by Gasteiger charge is -2.15. The van der Waals surface area contributed by atoms with Crippen molar-refractivity contribution < 1.29 is 4.74 Å². The molecule has 0 saturated carbocycles. The summed E-state index contributed by atoms with van der Waals surface area (Å²) < 4.78 is 9.79. The first-order chi connectivity index (χ1) is 13.7. The van der Waals surface area contributed by atoms with E-state index in [1.807, 2.05) is 33.8 Å². The summed E-state index contributed by atoms with van der Waals surface area (Å²) in [6.45, 7) is 9.21. The van der Waals surface area contributed by atoms with Crippen molar-refractivity contribution in [1.82, 2.24) is 29.7 Å². The van der Waals surface area contributed by atoms with E-state index >= 15 is 0 Å². The van der Waals surface area contributed by atoms with Crippen LogP contribution in [-0.4, -0.2) is 42.8 Å². The molecule has 4 rings (SSSR count). The van der Waals surface area contributed by atoms with Crippen molar-refractivity contribution in [3.05, 3.63) is 65.2 Å². The maximum absolute atomic E-state index is 5.77. The van der Waals surface area contributed by atoms with Crippen molar-refractivity contribution in [2.75, 3.05) is 13.1 Å². The minimum absolute atomic E-state index is 0.372. The van der Waals surface area contributed by atoms with Crippen molar-refractivity contribution in [3.8, 4) is 0 Å². The van der Waals surface area contributed by atoms with E-state index in [1.54, 1.807) is 0 Å². The minimum Gasteiger partial charge on any atom is -0.370 e. The quantitative estimate of drug-likeness (QED) is 0.601. The van der Waals surface area contributed by atoms with Crippen LogP contribution in [0, 0.1) is 6.92 Å². The van der Waals surface area contributed by atoms with Crippen molar-refractivity contribution in [2.24, 2.45) is 0 Å². The first kappa shape index (κ1) is 18.8. The molecule has 148 valence electrons. The molecule has 0 amide bonds. The fourth-order valence-corrected chi connectivity index (χ4v) is 3.69. The Labute approximate surface area is 165 Å². The van der Waals surface area contributed by atoms with Crippen molar-refractivity contribution in [3.63, 3.8) is 0 Å². The predicted octanol–water partition coefficient (Wildman–Crippen LogP) is 2.97. The summed E-state index contributed by atoms with van der Waals surface area (Å²) in [6.07, 6.45) is 5.29. The molecule has 7 nitrogen and oxygen atoms in total. The largest absolute Gasteiger partial charge is 0.370 e. The van der Waals surface area contributed by atoms with E-state index in [0.29, 0.717) is 19.3 Å².